The Bertz CT molecular complexity index is 442. The summed E-state index contributed by atoms with van der Waals surface area (Å²) in [6, 6.07) is 5.19. The molecule has 5 nitrogen and oxygen atoms in total. The van der Waals surface area contributed by atoms with Crippen LogP contribution in [0.15, 0.2) is 18.2 Å². The zero-order chi connectivity index (χ0) is 13.7. The van der Waals surface area contributed by atoms with Gasteiger partial charge in [0.25, 0.3) is 5.91 Å². The Hall–Kier alpha value is -1.75. The number of nitrogens with one attached hydrogen (secondary N) is 1. The molecule has 1 atom stereocenters. The quantitative estimate of drug-likeness (QED) is 0.807. The summed E-state index contributed by atoms with van der Waals surface area (Å²) < 4.78 is 10.6. The molecule has 2 rings (SSSR count). The number of nitrogens with two attached hydrogens (primary N) is 1. The van der Waals surface area contributed by atoms with Gasteiger partial charge in [0.2, 0.25) is 0 Å². The summed E-state index contributed by atoms with van der Waals surface area (Å²) in [7, 11) is 1.53. The van der Waals surface area contributed by atoms with Crippen LogP contribution < -0.4 is 15.8 Å². The summed E-state index contributed by atoms with van der Waals surface area (Å²) in [6.45, 7) is 2.14. The van der Waals surface area contributed by atoms with Crippen LogP contribution in [0.1, 0.15) is 23.2 Å². The van der Waals surface area contributed by atoms with Crippen LogP contribution in [0.2, 0.25) is 0 Å². The molecule has 1 unspecified atom stereocenters. The molecule has 1 aromatic rings. The van der Waals surface area contributed by atoms with E-state index in [1.807, 2.05) is 0 Å². The van der Waals surface area contributed by atoms with Crippen molar-refractivity contribution in [1.82, 2.24) is 5.32 Å². The van der Waals surface area contributed by atoms with Gasteiger partial charge in [-0.15, -0.1) is 0 Å². The Morgan fingerprint density at radius 2 is 2.42 bits per heavy atom. The second kappa shape index (κ2) is 6.43. The van der Waals surface area contributed by atoms with Gasteiger partial charge in [-0.3, -0.25) is 4.79 Å². The predicted octanol–water partition coefficient (Wildman–Crippen LogP) is 1.43. The van der Waals surface area contributed by atoms with Gasteiger partial charge in [0, 0.05) is 18.8 Å². The van der Waals surface area contributed by atoms with Crippen molar-refractivity contribution in [2.75, 3.05) is 32.6 Å². The fourth-order valence-corrected chi connectivity index (χ4v) is 2.26. The number of carbonyl (C=O) groups excluding carboxylic acids is 1. The van der Waals surface area contributed by atoms with Gasteiger partial charge < -0.3 is 20.5 Å². The van der Waals surface area contributed by atoms with E-state index in [4.69, 9.17) is 15.2 Å². The van der Waals surface area contributed by atoms with E-state index < -0.39 is 0 Å². The smallest absolute Gasteiger partial charge is 0.257 e. The second-order valence-corrected chi connectivity index (χ2v) is 4.72. The van der Waals surface area contributed by atoms with Gasteiger partial charge in [-0.1, -0.05) is 6.07 Å². The maximum absolute atomic E-state index is 12.2. The molecule has 0 spiro atoms. The molecule has 19 heavy (non-hydrogen) atoms. The van der Waals surface area contributed by atoms with Gasteiger partial charge >= 0.3 is 0 Å². The average molecular weight is 264 g/mol. The first kappa shape index (κ1) is 13.7. The van der Waals surface area contributed by atoms with Gasteiger partial charge in [-0.05, 0) is 30.9 Å². The average Bonchev–Trinajstić information content (AvgIpc) is 2.45. The third kappa shape index (κ3) is 3.38. The topological polar surface area (TPSA) is 73.6 Å². The molecule has 1 saturated heterocycles. The third-order valence-corrected chi connectivity index (χ3v) is 3.31. The third-order valence-electron chi connectivity index (χ3n) is 3.31. The molecule has 104 valence electrons. The molecule has 5 heteroatoms. The van der Waals surface area contributed by atoms with Crippen molar-refractivity contribution in [1.29, 1.82) is 0 Å². The molecule has 0 bridgehead atoms. The van der Waals surface area contributed by atoms with Crippen LogP contribution >= 0.6 is 0 Å². The zero-order valence-electron chi connectivity index (χ0n) is 11.1. The van der Waals surface area contributed by atoms with E-state index in [0.717, 1.165) is 19.4 Å². The zero-order valence-corrected chi connectivity index (χ0v) is 11.1. The lowest BCUT2D eigenvalue weighted by Gasteiger charge is -2.22. The summed E-state index contributed by atoms with van der Waals surface area (Å²) in [6.07, 6.45) is 2.14. The van der Waals surface area contributed by atoms with E-state index in [1.54, 1.807) is 18.2 Å². The Kier molecular flexibility index (Phi) is 4.63. The molecule has 0 saturated carbocycles. The highest BCUT2D eigenvalue weighted by molar-refractivity contribution is 6.01. The molecule has 1 fully saturated rings. The number of anilines is 1. The van der Waals surface area contributed by atoms with Gasteiger partial charge in [-0.25, -0.2) is 0 Å². The maximum atomic E-state index is 12.2. The highest BCUT2D eigenvalue weighted by Crippen LogP contribution is 2.24. The van der Waals surface area contributed by atoms with Crippen LogP contribution in [-0.4, -0.2) is 32.8 Å². The van der Waals surface area contributed by atoms with Crippen molar-refractivity contribution >= 4 is 11.6 Å². The van der Waals surface area contributed by atoms with Crippen molar-refractivity contribution < 1.29 is 14.3 Å². The van der Waals surface area contributed by atoms with Crippen LogP contribution in [0.25, 0.3) is 0 Å². The number of nitrogen functional groups attached to an aromatic ring is 1. The van der Waals surface area contributed by atoms with Gasteiger partial charge in [-0.2, -0.15) is 0 Å². The Labute approximate surface area is 113 Å². The summed E-state index contributed by atoms with van der Waals surface area (Å²) in [5, 5.41) is 2.91. The lowest BCUT2D eigenvalue weighted by atomic mass is 10.0. The number of benzene rings is 1. The van der Waals surface area contributed by atoms with Crippen LogP contribution in [0.4, 0.5) is 5.69 Å². The van der Waals surface area contributed by atoms with Crippen molar-refractivity contribution in [3.63, 3.8) is 0 Å². The van der Waals surface area contributed by atoms with E-state index in [0.29, 0.717) is 36.1 Å². The summed E-state index contributed by atoms with van der Waals surface area (Å²) in [5.74, 6) is 0.687. The highest BCUT2D eigenvalue weighted by atomic mass is 16.5. The van der Waals surface area contributed by atoms with Crippen LogP contribution in [0.5, 0.6) is 5.75 Å². The molecular weight excluding hydrogens is 244 g/mol. The Morgan fingerprint density at radius 3 is 3.11 bits per heavy atom. The molecule has 3 N–H and O–H groups in total. The monoisotopic (exact) mass is 264 g/mol. The number of ether oxygens (including phenoxy) is 2. The standard InChI is InChI=1S/C14H20N2O3/c1-18-12-6-2-5-11(15)13(12)14(17)16-8-10-4-3-7-19-9-10/h2,5-6,10H,3-4,7-9,15H2,1H3,(H,16,17). The minimum absolute atomic E-state index is 0.194. The minimum atomic E-state index is -0.194. The van der Waals surface area contributed by atoms with E-state index in [-0.39, 0.29) is 5.91 Å². The Balaban J connectivity index is 1.99. The van der Waals surface area contributed by atoms with Crippen LogP contribution in [0, 0.1) is 5.92 Å². The Morgan fingerprint density at radius 1 is 1.58 bits per heavy atom. The lowest BCUT2D eigenvalue weighted by Crippen LogP contribution is -2.33. The number of methoxy groups -OCH3 is 1. The molecule has 1 aliphatic rings. The fraction of sp³-hybridized carbons (Fsp3) is 0.500. The summed E-state index contributed by atoms with van der Waals surface area (Å²) >= 11 is 0. The molecule has 0 aliphatic carbocycles. The molecule has 0 radical (unpaired) electrons. The maximum Gasteiger partial charge on any atom is 0.257 e. The van der Waals surface area contributed by atoms with Crippen molar-refractivity contribution in [2.45, 2.75) is 12.8 Å². The normalized spacial score (nSPS) is 18.9. The molecular formula is C14H20N2O3. The second-order valence-electron chi connectivity index (χ2n) is 4.72. The lowest BCUT2D eigenvalue weighted by molar-refractivity contribution is 0.0536. The van der Waals surface area contributed by atoms with Crippen molar-refractivity contribution in [2.24, 2.45) is 5.92 Å². The molecule has 1 aliphatic heterocycles. The van der Waals surface area contributed by atoms with Gasteiger partial charge in [0.15, 0.2) is 0 Å². The SMILES string of the molecule is COc1cccc(N)c1C(=O)NCC1CCCOC1. The first-order valence-corrected chi connectivity index (χ1v) is 6.50. The molecule has 0 aromatic heterocycles. The first-order chi connectivity index (χ1) is 9.22. The largest absolute Gasteiger partial charge is 0.496 e. The summed E-state index contributed by atoms with van der Waals surface area (Å²) in [5.41, 5.74) is 6.67. The number of hydrogen-bond donors (Lipinski definition) is 2. The van der Waals surface area contributed by atoms with Gasteiger partial charge in [0.05, 0.1) is 13.7 Å². The predicted molar refractivity (Wildman–Crippen MR) is 73.3 cm³/mol. The van der Waals surface area contributed by atoms with E-state index in [2.05, 4.69) is 5.32 Å². The van der Waals surface area contributed by atoms with Crippen LogP contribution in [-0.2, 0) is 4.74 Å². The van der Waals surface area contributed by atoms with E-state index in [1.165, 1.54) is 7.11 Å². The number of rotatable bonds is 4. The minimum Gasteiger partial charge on any atom is -0.496 e. The van der Waals surface area contributed by atoms with Crippen LogP contribution in [0.3, 0.4) is 0 Å². The highest BCUT2D eigenvalue weighted by Gasteiger charge is 2.18. The van der Waals surface area contributed by atoms with E-state index in [9.17, 15) is 4.79 Å². The fourth-order valence-electron chi connectivity index (χ4n) is 2.26. The van der Waals surface area contributed by atoms with Crippen molar-refractivity contribution in [3.05, 3.63) is 23.8 Å². The van der Waals surface area contributed by atoms with Crippen molar-refractivity contribution in [3.8, 4) is 5.75 Å². The van der Waals surface area contributed by atoms with Gasteiger partial charge in [0.1, 0.15) is 11.3 Å². The number of amides is 1. The summed E-state index contributed by atoms with van der Waals surface area (Å²) in [4.78, 5) is 12.2. The molecule has 1 heterocycles. The molecule has 1 aromatic carbocycles. The molecule has 1 amide bonds. The van der Waals surface area contributed by atoms with E-state index >= 15 is 0 Å². The number of hydrogen-bond acceptors (Lipinski definition) is 4. The first-order valence-electron chi connectivity index (χ1n) is 6.50. The number of carbonyl (C=O) groups is 1.